The van der Waals surface area contributed by atoms with Crippen LogP contribution in [-0.4, -0.2) is 178 Å². The second-order valence-electron chi connectivity index (χ2n) is 16.0. The number of hydrogen-bond donors (Lipinski definition) is 0. The van der Waals surface area contributed by atoms with Gasteiger partial charge in [0.2, 0.25) is 0 Å². The molecule has 0 atom stereocenters. The maximum atomic E-state index is 15.8. The van der Waals surface area contributed by atoms with Crippen LogP contribution in [0.5, 0.6) is 23.0 Å². The lowest BCUT2D eigenvalue weighted by Crippen LogP contribution is -2.81. The Morgan fingerprint density at radius 1 is 0.394 bits per heavy atom. The highest BCUT2D eigenvalue weighted by Gasteiger charge is 2.93. The van der Waals surface area contributed by atoms with Crippen LogP contribution >= 0.6 is 0 Å². The summed E-state index contributed by atoms with van der Waals surface area (Å²) in [5.74, 6) is -4.11. The van der Waals surface area contributed by atoms with Crippen LogP contribution in [0.1, 0.15) is 49.9 Å². The van der Waals surface area contributed by atoms with E-state index in [1.54, 1.807) is 24.3 Å². The van der Waals surface area contributed by atoms with Crippen molar-refractivity contribution >= 4 is 48.0 Å². The molecule has 352 valence electrons. The third-order valence-electron chi connectivity index (χ3n) is 13.5. The summed E-state index contributed by atoms with van der Waals surface area (Å²) in [6.45, 7) is 0.569. The Morgan fingerprint density at radius 3 is 0.773 bits per heavy atom. The third-order valence-corrected chi connectivity index (χ3v) is 13.5. The van der Waals surface area contributed by atoms with Crippen molar-refractivity contribution in [2.24, 2.45) is 0 Å². The number of hydrogen-bond acceptors (Lipinski definition) is 16. The highest BCUT2D eigenvalue weighted by atomic mass is 16.6. The molecule has 7 heterocycles. The van der Waals surface area contributed by atoms with Crippen LogP contribution < -0.4 is 18.9 Å². The number of rotatable bonds is 12. The van der Waals surface area contributed by atoms with Crippen LogP contribution in [0.15, 0.2) is 24.3 Å². The van der Waals surface area contributed by atoms with E-state index in [0.717, 1.165) is 39.2 Å². The van der Waals surface area contributed by atoms with Crippen molar-refractivity contribution < 1.29 is 76.3 Å². The lowest BCUT2D eigenvalue weighted by atomic mass is 9.88. The van der Waals surface area contributed by atoms with E-state index in [1.165, 1.54) is 56.1 Å². The number of benzene rings is 2. The topological polar surface area (TPSA) is 236 Å². The van der Waals surface area contributed by atoms with E-state index in [2.05, 4.69) is 0 Å². The molecule has 8 amide bonds. The average molecular weight is 921 g/mol. The maximum absolute atomic E-state index is 15.8. The van der Waals surface area contributed by atoms with Crippen LogP contribution in [0.25, 0.3) is 0 Å². The number of ether oxygens (including phenoxy) is 8. The zero-order chi connectivity index (χ0) is 47.4. The van der Waals surface area contributed by atoms with Crippen LogP contribution in [-0.2, 0) is 64.3 Å². The smallest absolute Gasteiger partial charge is 0.359 e. The summed E-state index contributed by atoms with van der Waals surface area (Å²) in [6.07, 6.45) is 0. The van der Waals surface area contributed by atoms with Gasteiger partial charge in [-0.2, -0.15) is 0 Å². The van der Waals surface area contributed by atoms with Gasteiger partial charge in [-0.05, 0) is 74.2 Å². The van der Waals surface area contributed by atoms with Gasteiger partial charge in [0.05, 0.1) is 81.0 Å². The quantitative estimate of drug-likeness (QED) is 0.216. The molecule has 0 unspecified atom stereocenters. The van der Waals surface area contributed by atoms with Crippen LogP contribution in [0.2, 0.25) is 0 Å². The van der Waals surface area contributed by atoms with E-state index in [-0.39, 0.29) is 49.4 Å². The highest BCUT2D eigenvalue weighted by molar-refractivity contribution is 6.12. The van der Waals surface area contributed by atoms with E-state index in [0.29, 0.717) is 22.3 Å². The maximum Gasteiger partial charge on any atom is 0.359 e. The summed E-state index contributed by atoms with van der Waals surface area (Å²) in [5.41, 5.74) is -9.79. The van der Waals surface area contributed by atoms with Gasteiger partial charge in [-0.3, -0.25) is 39.2 Å². The molecule has 9 rings (SSSR count). The Balaban J connectivity index is 1.37. The van der Waals surface area contributed by atoms with Crippen molar-refractivity contribution in [3.05, 3.63) is 46.5 Å². The van der Waals surface area contributed by atoms with E-state index in [1.807, 2.05) is 0 Å². The third kappa shape index (κ3) is 4.82. The molecule has 0 radical (unpaired) electrons. The number of carbonyl (C=O) groups excluding carboxylic acids is 8. The van der Waals surface area contributed by atoms with Crippen molar-refractivity contribution in [3.8, 4) is 23.0 Å². The van der Waals surface area contributed by atoms with E-state index < -0.39 is 110 Å². The lowest BCUT2D eigenvalue weighted by Gasteiger charge is -2.51. The van der Waals surface area contributed by atoms with Gasteiger partial charge in [0.25, 0.3) is 22.7 Å². The highest BCUT2D eigenvalue weighted by Crippen LogP contribution is 2.62. The van der Waals surface area contributed by atoms with Crippen LogP contribution in [0.3, 0.4) is 0 Å². The van der Waals surface area contributed by atoms with E-state index in [9.17, 15) is 0 Å². The number of urea groups is 4. The number of amides is 8. The lowest BCUT2D eigenvalue weighted by molar-refractivity contribution is -0.209. The summed E-state index contributed by atoms with van der Waals surface area (Å²) < 4.78 is 45.3. The Labute approximate surface area is 377 Å². The molecule has 66 heavy (non-hydrogen) atoms. The van der Waals surface area contributed by atoms with Gasteiger partial charge in [0.15, 0.2) is 23.0 Å². The minimum absolute atomic E-state index is 0.242. The molecule has 0 bridgehead atoms. The Morgan fingerprint density at radius 2 is 0.591 bits per heavy atom. The largest absolute Gasteiger partial charge is 0.493 e. The predicted molar refractivity (Wildman–Crippen MR) is 217 cm³/mol. The Bertz CT molecular complexity index is 2230. The molecular weight excluding hydrogens is 873 g/mol. The van der Waals surface area contributed by atoms with Crippen LogP contribution in [0, 0.1) is 0 Å². The summed E-state index contributed by atoms with van der Waals surface area (Å²) in [4.78, 5) is 131. The first-order valence-corrected chi connectivity index (χ1v) is 21.2. The number of nitrogens with zero attached hydrogens (tertiary/aromatic N) is 8. The normalized spacial score (nSPS) is 26.4. The van der Waals surface area contributed by atoms with E-state index >= 15 is 38.4 Å². The second-order valence-corrected chi connectivity index (χ2v) is 16.0. The summed E-state index contributed by atoms with van der Waals surface area (Å²) >= 11 is 0. The zero-order valence-electron chi connectivity index (χ0n) is 37.5. The fourth-order valence-electron chi connectivity index (χ4n) is 11.0. The molecule has 24 heteroatoms. The van der Waals surface area contributed by atoms with Gasteiger partial charge < -0.3 is 37.9 Å². The van der Waals surface area contributed by atoms with Gasteiger partial charge in [0, 0.05) is 0 Å². The van der Waals surface area contributed by atoms with Crippen molar-refractivity contribution in [2.75, 3.05) is 68.2 Å². The number of esters is 4. The van der Waals surface area contributed by atoms with Crippen LogP contribution in [0.4, 0.5) is 19.2 Å². The molecule has 5 fully saturated rings. The first-order chi connectivity index (χ1) is 31.7. The van der Waals surface area contributed by atoms with Crippen molar-refractivity contribution in [1.29, 1.82) is 0 Å². The minimum Gasteiger partial charge on any atom is -0.493 e. The first-order valence-electron chi connectivity index (χ1n) is 21.2. The van der Waals surface area contributed by atoms with Gasteiger partial charge >= 0.3 is 48.0 Å². The molecule has 0 saturated carbocycles. The second kappa shape index (κ2) is 15.1. The molecule has 0 aliphatic carbocycles. The molecule has 7 aliphatic rings. The molecule has 24 nitrogen and oxygen atoms in total. The van der Waals surface area contributed by atoms with Gasteiger partial charge in [-0.15, -0.1) is 0 Å². The van der Waals surface area contributed by atoms with Crippen molar-refractivity contribution in [2.45, 2.75) is 76.5 Å². The molecule has 5 saturated heterocycles. The summed E-state index contributed by atoms with van der Waals surface area (Å²) in [6, 6.07) is 1.85. The Hall–Kier alpha value is -7.40. The predicted octanol–water partition coefficient (Wildman–Crippen LogP) is 1.37. The molecule has 0 aromatic heterocycles. The number of carbonyl (C=O) groups is 8. The molecule has 0 spiro atoms. The zero-order valence-corrected chi connectivity index (χ0v) is 37.5. The van der Waals surface area contributed by atoms with Gasteiger partial charge in [-0.1, -0.05) is 0 Å². The van der Waals surface area contributed by atoms with Gasteiger partial charge in [0.1, 0.15) is 13.3 Å². The summed E-state index contributed by atoms with van der Waals surface area (Å²) in [7, 11) is 5.60. The minimum atomic E-state index is -2.90. The first kappa shape index (κ1) is 43.8. The molecule has 0 N–H and O–H groups in total. The fourth-order valence-corrected chi connectivity index (χ4v) is 11.0. The number of fused-ring (bicyclic) bond motifs is 2. The van der Waals surface area contributed by atoms with Crippen molar-refractivity contribution in [1.82, 2.24) is 39.2 Å². The molecule has 2 aromatic rings. The monoisotopic (exact) mass is 920 g/mol. The SMILES string of the molecule is CCOC(=O)C12N3Cc4cc(OC)c(OC)cc4CN1C(=O)N1CN4C(=O)N5Cc6cc(OC)c(OC)cc6CN6C(=O)N(CN(C3=O)C12C(=O)OCC)C4(C(=O)OCC)C65C(=O)OCC. The van der Waals surface area contributed by atoms with E-state index in [4.69, 9.17) is 37.9 Å². The molecule has 2 aromatic carbocycles. The Kier molecular flexibility index (Phi) is 10.0. The van der Waals surface area contributed by atoms with Gasteiger partial charge in [-0.25, -0.2) is 38.4 Å². The number of methoxy groups -OCH3 is 4. The molecular formula is C42H48N8O16. The fraction of sp³-hybridized carbons (Fsp3) is 0.524. The average Bonchev–Trinajstić information content (AvgIpc) is 3.69. The summed E-state index contributed by atoms with van der Waals surface area (Å²) in [5, 5.41) is 0. The molecule has 7 aliphatic heterocycles. The standard InChI is InChI=1S/C42H48N8O16/c1-9-63-31(51)39-41(33(53)65-11-3)47-21-49-37(57)45-19-25-15-29(61-7)30(62-8)16-26(25)20-46-38(58)50(42(49,34(54)66-12-4)40(45,46)32(52)64-10-2)22-48(41)36(56)44(39)18-24-14-28(60-6)27(59-5)13-23(24)17-43(39)35(47)55/h13-16H,9-12,17-22H2,1-8H3. The van der Waals surface area contributed by atoms with Crippen molar-refractivity contribution in [3.63, 3.8) is 0 Å².